The zero-order valence-corrected chi connectivity index (χ0v) is 21.7. The molecule has 1 N–H and O–H groups in total. The second kappa shape index (κ2) is 9.63. The fraction of sp³-hybridized carbons (Fsp3) is 0.0857. The second-order valence-electron chi connectivity index (χ2n) is 10.2. The van der Waals surface area contributed by atoms with Crippen LogP contribution in [0, 0.1) is 0 Å². The number of aromatic nitrogens is 1. The summed E-state index contributed by atoms with van der Waals surface area (Å²) in [6, 6.07) is 39.8. The first-order valence-corrected chi connectivity index (χ1v) is 13.4. The van der Waals surface area contributed by atoms with Crippen molar-refractivity contribution in [2.75, 3.05) is 6.54 Å². The SMILES string of the molecule is O=C1c2ccccc2C(=O)N1CC(O)Cn1c(-c2ccccc2)c(-c2ccccc2)c2ccc3ccccc3c21. The molecule has 0 saturated carbocycles. The van der Waals surface area contributed by atoms with Crippen molar-refractivity contribution in [1.82, 2.24) is 9.47 Å². The molecule has 1 atom stereocenters. The van der Waals surface area contributed by atoms with E-state index in [1.165, 1.54) is 4.90 Å². The largest absolute Gasteiger partial charge is 0.389 e. The van der Waals surface area contributed by atoms with Gasteiger partial charge < -0.3 is 9.67 Å². The van der Waals surface area contributed by atoms with Gasteiger partial charge in [-0.2, -0.15) is 0 Å². The zero-order valence-electron chi connectivity index (χ0n) is 21.7. The van der Waals surface area contributed by atoms with Crippen LogP contribution in [0.1, 0.15) is 20.7 Å². The predicted octanol–water partition coefficient (Wildman–Crippen LogP) is 6.79. The van der Waals surface area contributed by atoms with Crippen molar-refractivity contribution in [2.45, 2.75) is 12.6 Å². The van der Waals surface area contributed by atoms with Gasteiger partial charge in [0.15, 0.2) is 0 Å². The zero-order chi connectivity index (χ0) is 27.2. The average Bonchev–Trinajstić information content (AvgIpc) is 3.45. The Kier molecular flexibility index (Phi) is 5.80. The van der Waals surface area contributed by atoms with Gasteiger partial charge in [-0.15, -0.1) is 0 Å². The van der Waals surface area contributed by atoms with Crippen molar-refractivity contribution in [3.63, 3.8) is 0 Å². The molecule has 7 rings (SSSR count). The van der Waals surface area contributed by atoms with Crippen molar-refractivity contribution in [3.05, 3.63) is 132 Å². The lowest BCUT2D eigenvalue weighted by Crippen LogP contribution is -2.38. The number of carbonyl (C=O) groups is 2. The quantitative estimate of drug-likeness (QED) is 0.245. The van der Waals surface area contributed by atoms with E-state index in [1.807, 2.05) is 48.5 Å². The number of hydrogen-bond donors (Lipinski definition) is 1. The fourth-order valence-electron chi connectivity index (χ4n) is 5.98. The molecule has 2 amide bonds. The van der Waals surface area contributed by atoms with Crippen molar-refractivity contribution in [3.8, 4) is 22.4 Å². The van der Waals surface area contributed by atoms with Gasteiger partial charge in [0.2, 0.25) is 0 Å². The van der Waals surface area contributed by atoms with E-state index in [9.17, 15) is 14.7 Å². The van der Waals surface area contributed by atoms with Crippen molar-refractivity contribution < 1.29 is 14.7 Å². The van der Waals surface area contributed by atoms with Crippen LogP contribution in [0.15, 0.2) is 121 Å². The van der Waals surface area contributed by atoms with Crippen LogP contribution >= 0.6 is 0 Å². The van der Waals surface area contributed by atoms with Gasteiger partial charge in [-0.1, -0.05) is 109 Å². The number of nitrogens with zero attached hydrogens (tertiary/aromatic N) is 2. The Morgan fingerprint density at radius 3 is 1.82 bits per heavy atom. The Morgan fingerprint density at radius 1 is 0.575 bits per heavy atom. The third-order valence-electron chi connectivity index (χ3n) is 7.72. The van der Waals surface area contributed by atoms with Gasteiger partial charge >= 0.3 is 0 Å². The van der Waals surface area contributed by atoms with E-state index in [0.717, 1.165) is 44.1 Å². The molecule has 0 aliphatic carbocycles. The molecule has 1 aliphatic heterocycles. The summed E-state index contributed by atoms with van der Waals surface area (Å²) in [4.78, 5) is 27.3. The minimum atomic E-state index is -0.983. The normalized spacial score (nSPS) is 13.8. The standard InChI is InChI=1S/C35H26N2O3/c38-26(22-37-34(39)28-17-9-10-18-29(28)35(37)40)21-36-32(25-14-5-2-6-15-25)31(24-12-3-1-4-13-24)30-20-19-23-11-7-8-16-27(23)33(30)36/h1-20,26,38H,21-22H2. The molecule has 5 nitrogen and oxygen atoms in total. The van der Waals surface area contributed by atoms with Crippen molar-refractivity contribution in [2.24, 2.45) is 0 Å². The second-order valence-corrected chi connectivity index (χ2v) is 10.2. The maximum absolute atomic E-state index is 13.0. The highest BCUT2D eigenvalue weighted by molar-refractivity contribution is 6.21. The van der Waals surface area contributed by atoms with Crippen LogP contribution in [0.4, 0.5) is 0 Å². The summed E-state index contributed by atoms with van der Waals surface area (Å²) in [6.45, 7) is 0.112. The molecule has 0 saturated heterocycles. The molecular formula is C35H26N2O3. The molecule has 0 radical (unpaired) electrons. The summed E-state index contributed by atoms with van der Waals surface area (Å²) in [5.74, 6) is -0.730. The molecule has 1 unspecified atom stereocenters. The third-order valence-corrected chi connectivity index (χ3v) is 7.72. The first-order chi connectivity index (χ1) is 19.6. The Morgan fingerprint density at radius 2 is 1.15 bits per heavy atom. The lowest BCUT2D eigenvalue weighted by atomic mass is 9.97. The number of carbonyl (C=O) groups excluding carboxylic acids is 2. The number of fused-ring (bicyclic) bond motifs is 4. The maximum atomic E-state index is 13.0. The maximum Gasteiger partial charge on any atom is 0.261 e. The average molecular weight is 523 g/mol. The van der Waals surface area contributed by atoms with E-state index in [2.05, 4.69) is 53.1 Å². The van der Waals surface area contributed by atoms with Gasteiger partial charge in [0.25, 0.3) is 11.8 Å². The number of benzene rings is 5. The number of amides is 2. The molecule has 2 heterocycles. The van der Waals surface area contributed by atoms with Gasteiger partial charge in [-0.3, -0.25) is 14.5 Å². The smallest absolute Gasteiger partial charge is 0.261 e. The van der Waals surface area contributed by atoms with Crippen LogP contribution in [-0.4, -0.2) is 39.0 Å². The van der Waals surface area contributed by atoms with Crippen LogP contribution in [0.3, 0.4) is 0 Å². The summed E-state index contributed by atoms with van der Waals surface area (Å²) in [7, 11) is 0. The summed E-state index contributed by atoms with van der Waals surface area (Å²) in [6.07, 6.45) is -0.983. The van der Waals surface area contributed by atoms with E-state index in [1.54, 1.807) is 24.3 Å². The number of rotatable bonds is 6. The topological polar surface area (TPSA) is 62.5 Å². The minimum absolute atomic E-state index is 0.0916. The van der Waals surface area contributed by atoms with Crippen LogP contribution < -0.4 is 0 Å². The monoisotopic (exact) mass is 522 g/mol. The highest BCUT2D eigenvalue weighted by Crippen LogP contribution is 2.43. The molecule has 1 aromatic heterocycles. The molecule has 1 aliphatic rings. The summed E-state index contributed by atoms with van der Waals surface area (Å²) >= 11 is 0. The summed E-state index contributed by atoms with van der Waals surface area (Å²) in [5, 5.41) is 14.7. The van der Waals surface area contributed by atoms with E-state index in [4.69, 9.17) is 0 Å². The fourth-order valence-corrected chi connectivity index (χ4v) is 5.98. The van der Waals surface area contributed by atoms with Crippen LogP contribution in [0.25, 0.3) is 44.1 Å². The number of β-amino-alcohol motifs (C(OH)–C–C–N with tert-alkyl or cyclic N) is 1. The van der Waals surface area contributed by atoms with Gasteiger partial charge in [0, 0.05) is 16.3 Å². The molecule has 0 fully saturated rings. The highest BCUT2D eigenvalue weighted by atomic mass is 16.3. The van der Waals surface area contributed by atoms with E-state index in [-0.39, 0.29) is 24.9 Å². The Bertz CT molecular complexity index is 1870. The molecule has 0 bridgehead atoms. The highest BCUT2D eigenvalue weighted by Gasteiger charge is 2.36. The molecule has 6 aromatic rings. The molecule has 194 valence electrons. The molecule has 5 aromatic carbocycles. The molecule has 5 heteroatoms. The van der Waals surface area contributed by atoms with Gasteiger partial charge in [-0.05, 0) is 28.6 Å². The van der Waals surface area contributed by atoms with Crippen LogP contribution in [0.2, 0.25) is 0 Å². The van der Waals surface area contributed by atoms with E-state index < -0.39 is 6.10 Å². The van der Waals surface area contributed by atoms with Gasteiger partial charge in [-0.25, -0.2) is 0 Å². The number of hydrogen-bond acceptors (Lipinski definition) is 3. The van der Waals surface area contributed by atoms with E-state index in [0.29, 0.717) is 11.1 Å². The van der Waals surface area contributed by atoms with E-state index >= 15 is 0 Å². The minimum Gasteiger partial charge on any atom is -0.389 e. The molecule has 40 heavy (non-hydrogen) atoms. The van der Waals surface area contributed by atoms with Crippen molar-refractivity contribution >= 4 is 33.5 Å². The summed E-state index contributed by atoms with van der Waals surface area (Å²) in [5.41, 5.74) is 5.95. The lowest BCUT2D eigenvalue weighted by molar-refractivity contribution is 0.0523. The third kappa shape index (κ3) is 3.82. The van der Waals surface area contributed by atoms with Gasteiger partial charge in [0.1, 0.15) is 0 Å². The molecule has 0 spiro atoms. The summed E-state index contributed by atoms with van der Waals surface area (Å²) < 4.78 is 2.16. The number of imide groups is 1. The number of aliphatic hydroxyl groups is 1. The van der Waals surface area contributed by atoms with Crippen LogP contribution in [-0.2, 0) is 6.54 Å². The predicted molar refractivity (Wildman–Crippen MR) is 158 cm³/mol. The first-order valence-electron chi connectivity index (χ1n) is 13.4. The first kappa shape index (κ1) is 24.1. The molecular weight excluding hydrogens is 496 g/mol. The lowest BCUT2D eigenvalue weighted by Gasteiger charge is -2.21. The Hall–Kier alpha value is -5.00. The van der Waals surface area contributed by atoms with Crippen LogP contribution in [0.5, 0.6) is 0 Å². The Labute approximate surface area is 231 Å². The van der Waals surface area contributed by atoms with Gasteiger partial charge in [0.05, 0.1) is 41.5 Å². The van der Waals surface area contributed by atoms with Crippen molar-refractivity contribution in [1.29, 1.82) is 0 Å². The Balaban J connectivity index is 1.41. The number of aliphatic hydroxyl groups excluding tert-OH is 1.